The molecule has 0 saturated heterocycles. The van der Waals surface area contributed by atoms with Crippen LogP contribution in [-0.4, -0.2) is 48.8 Å². The molecule has 33 heavy (non-hydrogen) atoms. The number of aromatic nitrogens is 6. The van der Waals surface area contributed by atoms with E-state index in [-0.39, 0.29) is 18.0 Å². The lowest BCUT2D eigenvalue weighted by Gasteiger charge is -2.13. The van der Waals surface area contributed by atoms with Crippen molar-refractivity contribution in [1.29, 1.82) is 0 Å². The minimum Gasteiger partial charge on any atom is -0.478 e. The molecule has 0 saturated carbocycles. The number of anilines is 2. The van der Waals surface area contributed by atoms with Crippen molar-refractivity contribution in [2.24, 2.45) is 0 Å². The Kier molecular flexibility index (Phi) is 6.16. The van der Waals surface area contributed by atoms with E-state index in [4.69, 9.17) is 4.74 Å². The van der Waals surface area contributed by atoms with Crippen molar-refractivity contribution in [2.45, 2.75) is 39.8 Å². The number of nitrogens with zero attached hydrogens (tertiary/aromatic N) is 6. The molecule has 0 unspecified atom stereocenters. The summed E-state index contributed by atoms with van der Waals surface area (Å²) >= 11 is 0. The molecule has 0 spiro atoms. The highest BCUT2D eigenvalue weighted by molar-refractivity contribution is 6.05. The van der Waals surface area contributed by atoms with Crippen molar-refractivity contribution in [3.05, 3.63) is 48.3 Å². The highest BCUT2D eigenvalue weighted by atomic mass is 16.5. The van der Waals surface area contributed by atoms with E-state index in [9.17, 15) is 4.79 Å². The summed E-state index contributed by atoms with van der Waals surface area (Å²) in [7, 11) is 1.55. The van der Waals surface area contributed by atoms with Crippen LogP contribution in [0.4, 0.5) is 11.6 Å². The third kappa shape index (κ3) is 4.74. The van der Waals surface area contributed by atoms with Gasteiger partial charge in [0, 0.05) is 17.6 Å². The number of ether oxygens (including phenoxy) is 1. The number of methoxy groups -OCH3 is 1. The Hall–Kier alpha value is -4.08. The van der Waals surface area contributed by atoms with Crippen molar-refractivity contribution < 1.29 is 9.53 Å². The van der Waals surface area contributed by atoms with E-state index in [2.05, 4.69) is 35.8 Å². The molecule has 2 N–H and O–H groups in total. The zero-order valence-electron chi connectivity index (χ0n) is 19.2. The van der Waals surface area contributed by atoms with Gasteiger partial charge < -0.3 is 19.9 Å². The molecule has 1 amide bonds. The summed E-state index contributed by atoms with van der Waals surface area (Å²) in [6.07, 6.45) is 1.67. The smallest absolute Gasteiger partial charge is 0.257 e. The van der Waals surface area contributed by atoms with Crippen molar-refractivity contribution in [2.75, 3.05) is 17.7 Å². The van der Waals surface area contributed by atoms with Crippen LogP contribution in [0.1, 0.15) is 44.1 Å². The number of fused-ring (bicyclic) bond motifs is 1. The lowest BCUT2D eigenvalue weighted by molar-refractivity contribution is 0.102. The molecule has 0 fully saturated rings. The molecule has 0 aliphatic carbocycles. The van der Waals surface area contributed by atoms with E-state index in [1.807, 2.05) is 44.4 Å². The zero-order valence-corrected chi connectivity index (χ0v) is 19.2. The third-order valence-electron chi connectivity index (χ3n) is 4.86. The van der Waals surface area contributed by atoms with Gasteiger partial charge in [-0.2, -0.15) is 0 Å². The largest absolute Gasteiger partial charge is 0.478 e. The molecular formula is C23H26N8O2. The van der Waals surface area contributed by atoms with Crippen LogP contribution < -0.4 is 15.4 Å². The maximum absolute atomic E-state index is 12.9. The Morgan fingerprint density at radius 3 is 2.58 bits per heavy atom. The van der Waals surface area contributed by atoms with Crippen LogP contribution in [0.3, 0.4) is 0 Å². The van der Waals surface area contributed by atoms with Gasteiger partial charge in [0.25, 0.3) is 11.8 Å². The number of hydrogen-bond acceptors (Lipinski definition) is 8. The van der Waals surface area contributed by atoms with Gasteiger partial charge in [0.15, 0.2) is 11.6 Å². The highest BCUT2D eigenvalue weighted by Crippen LogP contribution is 2.25. The molecule has 0 aliphatic rings. The minimum atomic E-state index is -0.303. The first-order chi connectivity index (χ1) is 15.9. The summed E-state index contributed by atoms with van der Waals surface area (Å²) in [5.74, 6) is 1.69. The molecule has 4 aromatic rings. The van der Waals surface area contributed by atoms with Gasteiger partial charge in [-0.05, 0) is 58.0 Å². The first-order valence-electron chi connectivity index (χ1n) is 10.7. The Balaban J connectivity index is 1.61. The molecule has 10 heteroatoms. The van der Waals surface area contributed by atoms with Gasteiger partial charge in [0.05, 0.1) is 18.1 Å². The SMILES string of the molecule is COc1nc2ccc(C(=O)Nc3cccc(-c4nncn4C(C)C)n3)cc2nc1NC(C)C. The lowest BCUT2D eigenvalue weighted by atomic mass is 10.1. The fourth-order valence-corrected chi connectivity index (χ4v) is 3.31. The summed E-state index contributed by atoms with van der Waals surface area (Å²) in [4.78, 5) is 26.6. The maximum Gasteiger partial charge on any atom is 0.257 e. The first-order valence-corrected chi connectivity index (χ1v) is 10.7. The van der Waals surface area contributed by atoms with Crippen LogP contribution in [0.15, 0.2) is 42.7 Å². The molecule has 10 nitrogen and oxygen atoms in total. The van der Waals surface area contributed by atoms with E-state index < -0.39 is 0 Å². The summed E-state index contributed by atoms with van der Waals surface area (Å²) in [5.41, 5.74) is 2.28. The van der Waals surface area contributed by atoms with Gasteiger partial charge in [0.2, 0.25) is 0 Å². The number of amides is 1. The summed E-state index contributed by atoms with van der Waals surface area (Å²) in [5, 5.41) is 14.2. The van der Waals surface area contributed by atoms with E-state index >= 15 is 0 Å². The van der Waals surface area contributed by atoms with Gasteiger partial charge in [-0.1, -0.05) is 6.07 Å². The predicted molar refractivity (Wildman–Crippen MR) is 126 cm³/mol. The summed E-state index contributed by atoms with van der Waals surface area (Å²) in [6.45, 7) is 8.08. The minimum absolute atomic E-state index is 0.150. The number of benzene rings is 1. The van der Waals surface area contributed by atoms with Gasteiger partial charge in [-0.15, -0.1) is 10.2 Å². The quantitative estimate of drug-likeness (QED) is 0.438. The van der Waals surface area contributed by atoms with Crippen LogP contribution in [0, 0.1) is 0 Å². The molecule has 3 aromatic heterocycles. The standard InChI is InChI=1S/C23H26N8O2/c1-13(2)25-20-23(33-5)28-16-10-9-15(11-18(16)27-20)22(32)29-19-8-6-7-17(26-19)21-30-24-12-31(21)14(3)4/h6-14H,1-5H3,(H,25,27)(H,26,29,32). The van der Waals surface area contributed by atoms with Crippen LogP contribution in [0.25, 0.3) is 22.6 Å². The average Bonchev–Trinajstić information content (AvgIpc) is 3.28. The van der Waals surface area contributed by atoms with Crippen LogP contribution >= 0.6 is 0 Å². The van der Waals surface area contributed by atoms with Crippen LogP contribution in [-0.2, 0) is 0 Å². The van der Waals surface area contributed by atoms with Crippen LogP contribution in [0.5, 0.6) is 5.88 Å². The van der Waals surface area contributed by atoms with Gasteiger partial charge in [0.1, 0.15) is 17.8 Å². The number of rotatable bonds is 7. The third-order valence-corrected chi connectivity index (χ3v) is 4.86. The average molecular weight is 447 g/mol. The number of nitrogens with one attached hydrogen (secondary N) is 2. The van der Waals surface area contributed by atoms with E-state index in [1.54, 1.807) is 37.7 Å². The monoisotopic (exact) mass is 446 g/mol. The van der Waals surface area contributed by atoms with Crippen molar-refractivity contribution in [3.8, 4) is 17.4 Å². The molecule has 3 heterocycles. The second-order valence-electron chi connectivity index (χ2n) is 8.10. The fraction of sp³-hybridized carbons (Fsp3) is 0.304. The topological polar surface area (TPSA) is 120 Å². The number of pyridine rings is 1. The predicted octanol–water partition coefficient (Wildman–Crippen LogP) is 3.95. The molecule has 4 rings (SSSR count). The van der Waals surface area contributed by atoms with Gasteiger partial charge >= 0.3 is 0 Å². The molecule has 1 aromatic carbocycles. The second kappa shape index (κ2) is 9.19. The number of hydrogen-bond donors (Lipinski definition) is 2. The molecule has 0 bridgehead atoms. The highest BCUT2D eigenvalue weighted by Gasteiger charge is 2.15. The summed E-state index contributed by atoms with van der Waals surface area (Å²) < 4.78 is 7.26. The van der Waals surface area contributed by atoms with E-state index in [1.165, 1.54) is 0 Å². The van der Waals surface area contributed by atoms with E-state index in [0.717, 1.165) is 0 Å². The van der Waals surface area contributed by atoms with Gasteiger partial charge in [-0.25, -0.2) is 15.0 Å². The molecule has 0 radical (unpaired) electrons. The fourth-order valence-electron chi connectivity index (χ4n) is 3.31. The normalized spacial score (nSPS) is 11.2. The van der Waals surface area contributed by atoms with Crippen molar-refractivity contribution >= 4 is 28.6 Å². The van der Waals surface area contributed by atoms with Gasteiger partial charge in [-0.3, -0.25) is 4.79 Å². The molecule has 170 valence electrons. The Morgan fingerprint density at radius 2 is 1.85 bits per heavy atom. The van der Waals surface area contributed by atoms with E-state index in [0.29, 0.717) is 45.6 Å². The number of carbonyl (C=O) groups excluding carboxylic acids is 1. The Morgan fingerprint density at radius 1 is 1.03 bits per heavy atom. The molecular weight excluding hydrogens is 420 g/mol. The van der Waals surface area contributed by atoms with Crippen LogP contribution in [0.2, 0.25) is 0 Å². The summed E-state index contributed by atoms with van der Waals surface area (Å²) in [6, 6.07) is 10.9. The maximum atomic E-state index is 12.9. The Labute approximate surface area is 191 Å². The van der Waals surface area contributed by atoms with Crippen molar-refractivity contribution in [3.63, 3.8) is 0 Å². The number of carbonyl (C=O) groups is 1. The first kappa shape index (κ1) is 22.1. The zero-order chi connectivity index (χ0) is 23.5. The Bertz CT molecular complexity index is 1300. The van der Waals surface area contributed by atoms with Crippen molar-refractivity contribution in [1.82, 2.24) is 29.7 Å². The molecule has 0 atom stereocenters. The second-order valence-corrected chi connectivity index (χ2v) is 8.10. The lowest BCUT2D eigenvalue weighted by Crippen LogP contribution is -2.14. The molecule has 0 aliphatic heterocycles.